The van der Waals surface area contributed by atoms with Crippen LogP contribution in [0.1, 0.15) is 55.7 Å². The molecule has 3 aromatic rings. The molecule has 0 heterocycles. The van der Waals surface area contributed by atoms with E-state index in [1.54, 1.807) is 30.3 Å². The summed E-state index contributed by atoms with van der Waals surface area (Å²) < 4.78 is 77.4. The number of hydrogen-bond acceptors (Lipinski definition) is 1. The summed E-state index contributed by atoms with van der Waals surface area (Å²) in [6.45, 7) is 3.78. The Balaban J connectivity index is 1.47. The second-order valence-electron chi connectivity index (χ2n) is 9.36. The first kappa shape index (κ1) is 26.6. The van der Waals surface area contributed by atoms with Crippen LogP contribution in [0, 0.1) is 41.9 Å². The van der Waals surface area contributed by atoms with Crippen molar-refractivity contribution in [3.63, 3.8) is 0 Å². The van der Waals surface area contributed by atoms with E-state index in [9.17, 15) is 17.6 Å². The summed E-state index contributed by atoms with van der Waals surface area (Å²) in [6.07, 6.45) is 8.93. The first-order chi connectivity index (χ1) is 17.8. The Labute approximate surface area is 214 Å². The van der Waals surface area contributed by atoms with Gasteiger partial charge in [-0.3, -0.25) is 0 Å². The zero-order valence-electron chi connectivity index (χ0n) is 20.9. The molecule has 1 aliphatic carbocycles. The highest BCUT2D eigenvalue weighted by atomic mass is 19.2. The van der Waals surface area contributed by atoms with E-state index in [0.717, 1.165) is 24.8 Å². The Morgan fingerprint density at radius 1 is 0.892 bits per heavy atom. The molecule has 1 nitrogen and oxygen atoms in total. The van der Waals surface area contributed by atoms with Gasteiger partial charge in [-0.25, -0.2) is 17.6 Å². The van der Waals surface area contributed by atoms with Crippen molar-refractivity contribution < 1.29 is 26.7 Å². The molecule has 6 heteroatoms. The van der Waals surface area contributed by atoms with Crippen molar-refractivity contribution in [3.05, 3.63) is 100 Å². The lowest BCUT2D eigenvalue weighted by atomic mass is 9.85. The van der Waals surface area contributed by atoms with Gasteiger partial charge >= 0.3 is 0 Å². The fourth-order valence-corrected chi connectivity index (χ4v) is 4.44. The largest absolute Gasteiger partial charge is 0.490 e. The van der Waals surface area contributed by atoms with E-state index < -0.39 is 29.1 Å². The van der Waals surface area contributed by atoms with Crippen molar-refractivity contribution in [3.8, 4) is 16.9 Å². The van der Waals surface area contributed by atoms with Gasteiger partial charge in [-0.2, -0.15) is 4.39 Å². The predicted octanol–water partition coefficient (Wildman–Crippen LogP) is 9.43. The highest BCUT2D eigenvalue weighted by Gasteiger charge is 2.20. The molecule has 3 aromatic carbocycles. The summed E-state index contributed by atoms with van der Waals surface area (Å²) in [6, 6.07) is 10.2. The average molecular weight is 513 g/mol. The number of allylic oxidation sites excluding steroid dienone is 3. The number of rotatable bonds is 8. The molecular formula is C31H29F5O. The molecule has 4 rings (SSSR count). The van der Waals surface area contributed by atoms with E-state index in [-0.39, 0.29) is 33.9 Å². The summed E-state index contributed by atoms with van der Waals surface area (Å²) >= 11 is 0. The van der Waals surface area contributed by atoms with E-state index in [0.29, 0.717) is 25.0 Å². The Morgan fingerprint density at radius 2 is 1.68 bits per heavy atom. The van der Waals surface area contributed by atoms with Gasteiger partial charge in [-0.15, -0.1) is 0 Å². The minimum absolute atomic E-state index is 0.0339. The molecule has 0 bridgehead atoms. The molecule has 0 aromatic heterocycles. The van der Waals surface area contributed by atoms with Crippen molar-refractivity contribution in [1.82, 2.24) is 0 Å². The van der Waals surface area contributed by atoms with Gasteiger partial charge in [0.2, 0.25) is 5.82 Å². The zero-order chi connectivity index (χ0) is 26.5. The predicted molar refractivity (Wildman–Crippen MR) is 138 cm³/mol. The second kappa shape index (κ2) is 11.8. The van der Waals surface area contributed by atoms with Crippen LogP contribution in [0.3, 0.4) is 0 Å². The molecule has 0 radical (unpaired) electrons. The van der Waals surface area contributed by atoms with Crippen molar-refractivity contribution in [2.24, 2.45) is 5.92 Å². The Morgan fingerprint density at radius 3 is 2.38 bits per heavy atom. The van der Waals surface area contributed by atoms with Gasteiger partial charge in [0.1, 0.15) is 5.82 Å². The van der Waals surface area contributed by atoms with Gasteiger partial charge in [0.25, 0.3) is 0 Å². The first-order valence-corrected chi connectivity index (χ1v) is 12.5. The van der Waals surface area contributed by atoms with Crippen LogP contribution in [0.15, 0.2) is 54.6 Å². The minimum Gasteiger partial charge on any atom is -0.490 e. The second-order valence-corrected chi connectivity index (χ2v) is 9.36. The highest BCUT2D eigenvalue weighted by Crippen LogP contribution is 2.36. The molecule has 0 fully saturated rings. The maximum atomic E-state index is 15.0. The van der Waals surface area contributed by atoms with Crippen molar-refractivity contribution in [2.75, 3.05) is 6.61 Å². The van der Waals surface area contributed by atoms with Crippen LogP contribution in [-0.4, -0.2) is 6.61 Å². The average Bonchev–Trinajstić information content (AvgIpc) is 2.90. The normalized spacial score (nSPS) is 15.8. The van der Waals surface area contributed by atoms with Crippen LogP contribution in [0.5, 0.6) is 5.75 Å². The SMILES string of the molecule is CCCCOc1ccc(-c2ccc(C3=CCC(/C=C/c4ccc(C)c(F)c4F)CC3)c(F)c2)c(F)c1F. The van der Waals surface area contributed by atoms with Gasteiger partial charge in [0.05, 0.1) is 6.61 Å². The van der Waals surface area contributed by atoms with Crippen LogP contribution in [0.25, 0.3) is 22.8 Å². The van der Waals surface area contributed by atoms with Gasteiger partial charge in [0.15, 0.2) is 23.2 Å². The highest BCUT2D eigenvalue weighted by molar-refractivity contribution is 5.72. The third-order valence-electron chi connectivity index (χ3n) is 6.73. The van der Waals surface area contributed by atoms with E-state index in [1.807, 2.05) is 19.1 Å². The Bertz CT molecular complexity index is 1340. The number of benzene rings is 3. The van der Waals surface area contributed by atoms with Crippen LogP contribution in [0.2, 0.25) is 0 Å². The maximum absolute atomic E-state index is 15.0. The van der Waals surface area contributed by atoms with E-state index >= 15 is 4.39 Å². The Hall–Kier alpha value is -3.41. The first-order valence-electron chi connectivity index (χ1n) is 12.5. The smallest absolute Gasteiger partial charge is 0.201 e. The molecule has 1 atom stereocenters. The number of hydrogen-bond donors (Lipinski definition) is 0. The van der Waals surface area contributed by atoms with Gasteiger partial charge < -0.3 is 4.74 Å². The van der Waals surface area contributed by atoms with Gasteiger partial charge in [0, 0.05) is 16.7 Å². The lowest BCUT2D eigenvalue weighted by Crippen LogP contribution is -2.04. The topological polar surface area (TPSA) is 9.23 Å². The number of aryl methyl sites for hydroxylation is 1. The lowest BCUT2D eigenvalue weighted by molar-refractivity contribution is 0.289. The molecule has 0 spiro atoms. The maximum Gasteiger partial charge on any atom is 0.201 e. The molecule has 37 heavy (non-hydrogen) atoms. The van der Waals surface area contributed by atoms with Crippen LogP contribution < -0.4 is 4.74 Å². The van der Waals surface area contributed by atoms with Crippen molar-refractivity contribution in [1.29, 1.82) is 0 Å². The molecule has 0 amide bonds. The summed E-state index contributed by atoms with van der Waals surface area (Å²) in [5, 5.41) is 0. The van der Waals surface area contributed by atoms with Gasteiger partial charge in [-0.1, -0.05) is 55.8 Å². The van der Waals surface area contributed by atoms with Gasteiger partial charge in [-0.05, 0) is 73.4 Å². The fourth-order valence-electron chi connectivity index (χ4n) is 4.44. The lowest BCUT2D eigenvalue weighted by Gasteiger charge is -2.20. The number of ether oxygens (including phenoxy) is 1. The molecule has 0 aliphatic heterocycles. The summed E-state index contributed by atoms with van der Waals surface area (Å²) in [5.74, 6) is -4.41. The third-order valence-corrected chi connectivity index (χ3v) is 6.73. The number of halogens is 5. The molecule has 1 aliphatic rings. The quantitative estimate of drug-likeness (QED) is 0.216. The molecule has 0 N–H and O–H groups in total. The third kappa shape index (κ3) is 5.95. The van der Waals surface area contributed by atoms with Crippen molar-refractivity contribution in [2.45, 2.75) is 46.0 Å². The minimum atomic E-state index is -1.08. The summed E-state index contributed by atoms with van der Waals surface area (Å²) in [7, 11) is 0. The van der Waals surface area contributed by atoms with Crippen LogP contribution in [0.4, 0.5) is 22.0 Å². The summed E-state index contributed by atoms with van der Waals surface area (Å²) in [5.41, 5.74) is 1.90. The fraction of sp³-hybridized carbons (Fsp3) is 0.290. The molecule has 1 unspecified atom stereocenters. The van der Waals surface area contributed by atoms with Crippen molar-refractivity contribution >= 4 is 11.6 Å². The summed E-state index contributed by atoms with van der Waals surface area (Å²) in [4.78, 5) is 0. The molecule has 194 valence electrons. The van der Waals surface area contributed by atoms with E-state index in [2.05, 4.69) is 0 Å². The molecular weight excluding hydrogens is 483 g/mol. The Kier molecular flexibility index (Phi) is 8.47. The monoisotopic (exact) mass is 512 g/mol. The van der Waals surface area contributed by atoms with Crippen LogP contribution in [-0.2, 0) is 0 Å². The van der Waals surface area contributed by atoms with E-state index in [1.165, 1.54) is 25.1 Å². The standard InChI is InChI=1S/C31H29F5O/c1-3-4-17-37-27-16-15-25(30(35)31(27)36)23-13-14-24(26(32)18-23)21-10-6-20(7-11-21)8-12-22-9-5-19(2)28(33)29(22)34/h5,8-10,12-16,18,20H,3-4,6-7,11,17H2,1-2H3/b12-8+. The number of unbranched alkanes of at least 4 members (excludes halogenated alkanes) is 1. The van der Waals surface area contributed by atoms with Crippen LogP contribution >= 0.6 is 0 Å². The molecule has 0 saturated heterocycles. The molecule has 0 saturated carbocycles. The zero-order valence-corrected chi connectivity index (χ0v) is 20.9. The van der Waals surface area contributed by atoms with E-state index in [4.69, 9.17) is 4.74 Å².